The molecule has 0 aliphatic heterocycles. The summed E-state index contributed by atoms with van der Waals surface area (Å²) in [7, 11) is -4.43. The highest BCUT2D eigenvalue weighted by atomic mass is 32.2. The Bertz CT molecular complexity index is 864. The number of aliphatic hydroxyl groups excluding tert-OH is 2. The minimum atomic E-state index is -4.43. The summed E-state index contributed by atoms with van der Waals surface area (Å²) in [6.07, 6.45) is 41.4. The molecule has 0 aliphatic carbocycles. The molecule has 0 aromatic heterocycles. The first kappa shape index (κ1) is 49.0. The van der Waals surface area contributed by atoms with E-state index in [1.165, 1.54) is 167 Å². The summed E-state index contributed by atoms with van der Waals surface area (Å²) in [5.74, 6) is -1.53. The maximum atomic E-state index is 12.6. The van der Waals surface area contributed by atoms with E-state index in [2.05, 4.69) is 19.2 Å². The molecule has 8 heteroatoms. The quantitative estimate of drug-likeness (QED) is 0.0284. The molecule has 298 valence electrons. The molecule has 0 radical (unpaired) electrons. The second-order valence-corrected chi connectivity index (χ2v) is 16.6. The highest BCUT2D eigenvalue weighted by Crippen LogP contribution is 2.16. The molecule has 0 saturated heterocycles. The van der Waals surface area contributed by atoms with Crippen LogP contribution in [0, 0.1) is 0 Å². The minimum absolute atomic E-state index is 0.286. The Hall–Kier alpha value is -0.960. The molecular formula is C42H83NO6S. The van der Waals surface area contributed by atoms with Gasteiger partial charge in [0.25, 0.3) is 10.1 Å². The number of carbonyl (C=O) groups is 1. The number of nitrogens with one attached hydrogen (secondary N) is 1. The molecule has 0 heterocycles. The third kappa shape index (κ3) is 35.4. The van der Waals surface area contributed by atoms with Crippen molar-refractivity contribution < 1.29 is 28.0 Å². The van der Waals surface area contributed by atoms with Crippen molar-refractivity contribution in [1.29, 1.82) is 0 Å². The van der Waals surface area contributed by atoms with Crippen molar-refractivity contribution in [3.05, 3.63) is 12.2 Å². The third-order valence-corrected chi connectivity index (χ3v) is 10.9. The van der Waals surface area contributed by atoms with Gasteiger partial charge in [-0.15, -0.1) is 0 Å². The Morgan fingerprint density at radius 3 is 1.20 bits per heavy atom. The van der Waals surface area contributed by atoms with Gasteiger partial charge in [-0.25, -0.2) is 0 Å². The van der Waals surface area contributed by atoms with Crippen LogP contribution in [0.3, 0.4) is 0 Å². The Labute approximate surface area is 310 Å². The number of amides is 1. The standard InChI is InChI=1S/C42H83NO6S/c1-3-5-7-9-11-13-15-16-17-18-19-20-21-22-23-24-25-27-29-31-33-35-37-41(45)42(46)43-39(38-50(47,48)49)40(44)36-34-32-30-28-26-14-12-10-8-6-4-2/h34,36,39-41,44-45H,3-33,35,37-38H2,1-2H3,(H,43,46)(H,47,48,49)/b36-34+. The first-order valence-electron chi connectivity index (χ1n) is 21.5. The molecule has 0 bridgehead atoms. The van der Waals surface area contributed by atoms with Crippen LogP contribution in [0.25, 0.3) is 0 Å². The largest absolute Gasteiger partial charge is 0.387 e. The van der Waals surface area contributed by atoms with E-state index >= 15 is 0 Å². The van der Waals surface area contributed by atoms with E-state index in [9.17, 15) is 28.0 Å². The number of rotatable bonds is 39. The molecule has 0 fully saturated rings. The number of hydrogen-bond acceptors (Lipinski definition) is 5. The second kappa shape index (κ2) is 36.4. The molecule has 7 nitrogen and oxygen atoms in total. The summed E-state index contributed by atoms with van der Waals surface area (Å²) in [6, 6.07) is -1.23. The van der Waals surface area contributed by atoms with Crippen molar-refractivity contribution in [2.24, 2.45) is 0 Å². The highest BCUT2D eigenvalue weighted by molar-refractivity contribution is 7.85. The van der Waals surface area contributed by atoms with E-state index in [0.29, 0.717) is 6.42 Å². The monoisotopic (exact) mass is 730 g/mol. The van der Waals surface area contributed by atoms with Crippen molar-refractivity contribution in [2.75, 3.05) is 5.75 Å². The van der Waals surface area contributed by atoms with Gasteiger partial charge in [0.2, 0.25) is 5.91 Å². The second-order valence-electron chi connectivity index (χ2n) is 15.1. The lowest BCUT2D eigenvalue weighted by atomic mass is 10.0. The van der Waals surface area contributed by atoms with Crippen LogP contribution >= 0.6 is 0 Å². The van der Waals surface area contributed by atoms with Gasteiger partial charge in [-0.1, -0.05) is 219 Å². The molecule has 4 N–H and O–H groups in total. The van der Waals surface area contributed by atoms with Gasteiger partial charge in [0.05, 0.1) is 17.9 Å². The lowest BCUT2D eigenvalue weighted by Crippen LogP contribution is -2.50. The average Bonchev–Trinajstić information content (AvgIpc) is 3.08. The van der Waals surface area contributed by atoms with E-state index < -0.39 is 40.0 Å². The molecule has 0 aliphatic rings. The lowest BCUT2D eigenvalue weighted by molar-refractivity contribution is -0.130. The zero-order valence-corrected chi connectivity index (χ0v) is 33.7. The van der Waals surface area contributed by atoms with E-state index in [4.69, 9.17) is 0 Å². The van der Waals surface area contributed by atoms with Gasteiger partial charge in [-0.05, 0) is 19.3 Å². The summed E-state index contributed by atoms with van der Waals surface area (Å²) in [6.45, 7) is 4.50. The van der Waals surface area contributed by atoms with Crippen molar-refractivity contribution in [1.82, 2.24) is 5.32 Å². The first-order chi connectivity index (χ1) is 24.2. The van der Waals surface area contributed by atoms with Crippen molar-refractivity contribution >= 4 is 16.0 Å². The number of unbranched alkanes of at least 4 members (excludes halogenated alkanes) is 30. The molecule has 3 unspecified atom stereocenters. The van der Waals surface area contributed by atoms with E-state index in [1.54, 1.807) is 6.08 Å². The number of carbonyl (C=O) groups excluding carboxylic acids is 1. The van der Waals surface area contributed by atoms with Crippen LogP contribution in [0.4, 0.5) is 0 Å². The lowest BCUT2D eigenvalue weighted by Gasteiger charge is -2.22. The molecule has 0 saturated carbocycles. The number of allylic oxidation sites excluding steroid dienone is 1. The van der Waals surface area contributed by atoms with Crippen LogP contribution in [-0.4, -0.2) is 53.1 Å². The highest BCUT2D eigenvalue weighted by Gasteiger charge is 2.27. The SMILES string of the molecule is CCCCCCCCCCC/C=C/C(O)C(CS(=O)(=O)O)NC(=O)C(O)CCCCCCCCCCCCCCCCCCCCCCCC. The fourth-order valence-electron chi connectivity index (χ4n) is 6.75. The van der Waals surface area contributed by atoms with E-state index in [-0.39, 0.29) is 6.42 Å². The predicted octanol–water partition coefficient (Wildman–Crippen LogP) is 11.6. The van der Waals surface area contributed by atoms with Crippen LogP contribution in [0.5, 0.6) is 0 Å². The normalized spacial score (nSPS) is 13.9. The van der Waals surface area contributed by atoms with E-state index in [1.807, 2.05) is 0 Å². The van der Waals surface area contributed by atoms with Gasteiger partial charge < -0.3 is 15.5 Å². The van der Waals surface area contributed by atoms with Crippen LogP contribution in [0.2, 0.25) is 0 Å². The molecule has 0 aromatic carbocycles. The Morgan fingerprint density at radius 1 is 0.540 bits per heavy atom. The maximum absolute atomic E-state index is 12.6. The minimum Gasteiger partial charge on any atom is -0.387 e. The summed E-state index contributed by atoms with van der Waals surface area (Å²) >= 11 is 0. The third-order valence-electron chi connectivity index (χ3n) is 10.1. The fourth-order valence-corrected chi connectivity index (χ4v) is 7.49. The zero-order valence-electron chi connectivity index (χ0n) is 32.9. The van der Waals surface area contributed by atoms with Gasteiger partial charge >= 0.3 is 0 Å². The van der Waals surface area contributed by atoms with Crippen LogP contribution in [-0.2, 0) is 14.9 Å². The topological polar surface area (TPSA) is 124 Å². The molecule has 0 spiro atoms. The molecule has 1 amide bonds. The Morgan fingerprint density at radius 2 is 0.860 bits per heavy atom. The Kier molecular flexibility index (Phi) is 35.7. The summed E-state index contributed by atoms with van der Waals surface area (Å²) in [4.78, 5) is 12.6. The molecule has 3 atom stereocenters. The van der Waals surface area contributed by atoms with Crippen molar-refractivity contribution in [2.45, 2.75) is 244 Å². The van der Waals surface area contributed by atoms with Gasteiger partial charge in [-0.3, -0.25) is 9.35 Å². The van der Waals surface area contributed by atoms with Crippen molar-refractivity contribution in [3.63, 3.8) is 0 Å². The van der Waals surface area contributed by atoms with Crippen molar-refractivity contribution in [3.8, 4) is 0 Å². The average molecular weight is 730 g/mol. The maximum Gasteiger partial charge on any atom is 0.267 e. The summed E-state index contributed by atoms with van der Waals surface area (Å²) in [5.41, 5.74) is 0. The Balaban J connectivity index is 3.87. The smallest absolute Gasteiger partial charge is 0.267 e. The first-order valence-corrected chi connectivity index (χ1v) is 23.1. The molecular weight excluding hydrogens is 647 g/mol. The molecule has 0 rings (SSSR count). The van der Waals surface area contributed by atoms with Crippen LogP contribution in [0.15, 0.2) is 12.2 Å². The van der Waals surface area contributed by atoms with Crippen LogP contribution in [0.1, 0.15) is 226 Å². The van der Waals surface area contributed by atoms with E-state index in [0.717, 1.165) is 38.5 Å². The predicted molar refractivity (Wildman–Crippen MR) is 213 cm³/mol. The van der Waals surface area contributed by atoms with Gasteiger partial charge in [0.1, 0.15) is 6.10 Å². The number of aliphatic hydroxyl groups is 2. The molecule has 0 aromatic rings. The van der Waals surface area contributed by atoms with Gasteiger partial charge in [0, 0.05) is 0 Å². The van der Waals surface area contributed by atoms with Gasteiger partial charge in [0.15, 0.2) is 0 Å². The summed E-state index contributed by atoms with van der Waals surface area (Å²) in [5, 5.41) is 23.4. The zero-order chi connectivity index (χ0) is 37.0. The van der Waals surface area contributed by atoms with Gasteiger partial charge in [-0.2, -0.15) is 8.42 Å². The summed E-state index contributed by atoms with van der Waals surface area (Å²) < 4.78 is 32.5. The molecule has 50 heavy (non-hydrogen) atoms. The number of hydrogen-bond donors (Lipinski definition) is 4. The van der Waals surface area contributed by atoms with Crippen LogP contribution < -0.4 is 5.32 Å². The fraction of sp³-hybridized carbons (Fsp3) is 0.929.